The van der Waals surface area contributed by atoms with Gasteiger partial charge in [0.15, 0.2) is 17.5 Å². The molecule has 0 unspecified atom stereocenters. The fourth-order valence-electron chi connectivity index (χ4n) is 8.88. The number of benzene rings is 8. The lowest BCUT2D eigenvalue weighted by atomic mass is 9.82. The second-order valence-electron chi connectivity index (χ2n) is 15.6. The molecule has 1 aliphatic carbocycles. The van der Waals surface area contributed by atoms with Gasteiger partial charge in [-0.05, 0) is 92.0 Å². The Balaban J connectivity index is 1.12. The Morgan fingerprint density at radius 1 is 0.362 bits per heavy atom. The highest BCUT2D eigenvalue weighted by molar-refractivity contribution is 6.13. The zero-order valence-corrected chi connectivity index (χ0v) is 32.1. The van der Waals surface area contributed by atoms with Crippen LogP contribution in [-0.2, 0) is 5.41 Å². The molecule has 0 amide bonds. The molecule has 274 valence electrons. The third-order valence-corrected chi connectivity index (χ3v) is 11.7. The average Bonchev–Trinajstić information content (AvgIpc) is 3.78. The van der Waals surface area contributed by atoms with E-state index in [4.69, 9.17) is 19.4 Å². The lowest BCUT2D eigenvalue weighted by Crippen LogP contribution is -2.14. The van der Waals surface area contributed by atoms with Crippen LogP contribution < -0.4 is 0 Å². The van der Waals surface area contributed by atoms with Crippen LogP contribution in [-0.4, -0.2) is 15.0 Å². The van der Waals surface area contributed by atoms with Gasteiger partial charge >= 0.3 is 0 Å². The first kappa shape index (κ1) is 33.9. The van der Waals surface area contributed by atoms with Crippen LogP contribution in [0.3, 0.4) is 0 Å². The van der Waals surface area contributed by atoms with Crippen LogP contribution in [0.4, 0.5) is 0 Å². The van der Waals surface area contributed by atoms with Gasteiger partial charge in [-0.3, -0.25) is 0 Å². The number of hydrogen-bond acceptors (Lipinski definition) is 4. The molecule has 0 spiro atoms. The van der Waals surface area contributed by atoms with E-state index in [0.29, 0.717) is 17.5 Å². The molecule has 0 aliphatic heterocycles. The van der Waals surface area contributed by atoms with Crippen LogP contribution in [0.25, 0.3) is 101 Å². The van der Waals surface area contributed by atoms with Crippen molar-refractivity contribution in [1.82, 2.24) is 15.0 Å². The fraction of sp³-hybridized carbons (Fsp3) is 0.0556. The third kappa shape index (κ3) is 5.56. The zero-order chi connectivity index (χ0) is 38.8. The Morgan fingerprint density at radius 2 is 0.914 bits per heavy atom. The molecule has 8 aromatic carbocycles. The van der Waals surface area contributed by atoms with Crippen LogP contribution in [0.15, 0.2) is 192 Å². The van der Waals surface area contributed by atoms with Crippen LogP contribution >= 0.6 is 0 Å². The molecule has 4 nitrogen and oxygen atoms in total. The Morgan fingerprint density at radius 3 is 1.67 bits per heavy atom. The normalized spacial score (nSPS) is 12.8. The molecule has 0 bridgehead atoms. The van der Waals surface area contributed by atoms with Crippen molar-refractivity contribution in [3.8, 4) is 78.7 Å². The standard InChI is InChI=1S/C54H37N3O/c1-54(2)45-25-13-12-22-43(45)49-42(23-14-26-46(49)54)39-30-38(34-16-6-3-7-17-34)31-40(32-39)53-56-51(36-20-10-5-11-21-36)55-52(57-53)37-28-29-44-48(33-37)58-47-27-15-24-41(50(44)47)35-18-8-4-9-19-35/h3-33H,1-2H3. The van der Waals surface area contributed by atoms with Crippen molar-refractivity contribution < 1.29 is 4.42 Å². The topological polar surface area (TPSA) is 51.8 Å². The molecule has 10 aromatic rings. The lowest BCUT2D eigenvalue weighted by Gasteiger charge is -2.21. The first-order valence-electron chi connectivity index (χ1n) is 19.8. The monoisotopic (exact) mass is 743 g/mol. The summed E-state index contributed by atoms with van der Waals surface area (Å²) in [6.07, 6.45) is 0. The first-order chi connectivity index (χ1) is 28.5. The van der Waals surface area contributed by atoms with Crippen LogP contribution in [0.5, 0.6) is 0 Å². The minimum atomic E-state index is -0.112. The van der Waals surface area contributed by atoms with Crippen LogP contribution in [0, 0.1) is 0 Å². The van der Waals surface area contributed by atoms with Crippen molar-refractivity contribution in [2.75, 3.05) is 0 Å². The van der Waals surface area contributed by atoms with Gasteiger partial charge in [-0.2, -0.15) is 0 Å². The highest BCUT2D eigenvalue weighted by Gasteiger charge is 2.36. The molecule has 1 aliphatic rings. The quantitative estimate of drug-likeness (QED) is 0.170. The van der Waals surface area contributed by atoms with E-state index in [0.717, 1.165) is 66.4 Å². The summed E-state index contributed by atoms with van der Waals surface area (Å²) in [6.45, 7) is 4.66. The first-order valence-corrected chi connectivity index (χ1v) is 19.8. The van der Waals surface area contributed by atoms with Gasteiger partial charge in [-0.25, -0.2) is 15.0 Å². The van der Waals surface area contributed by atoms with Crippen molar-refractivity contribution >= 4 is 21.9 Å². The maximum Gasteiger partial charge on any atom is 0.164 e. The highest BCUT2D eigenvalue weighted by atomic mass is 16.3. The number of fused-ring (bicyclic) bond motifs is 6. The van der Waals surface area contributed by atoms with E-state index in [1.165, 1.54) is 27.8 Å². The molecule has 0 N–H and O–H groups in total. The van der Waals surface area contributed by atoms with E-state index in [1.54, 1.807) is 0 Å². The second-order valence-corrected chi connectivity index (χ2v) is 15.6. The van der Waals surface area contributed by atoms with Gasteiger partial charge in [0.05, 0.1) is 0 Å². The van der Waals surface area contributed by atoms with Gasteiger partial charge < -0.3 is 4.42 Å². The van der Waals surface area contributed by atoms with Crippen molar-refractivity contribution in [3.05, 3.63) is 199 Å². The molecule has 2 aromatic heterocycles. The number of furan rings is 1. The molecular formula is C54H37N3O. The molecule has 0 saturated heterocycles. The van der Waals surface area contributed by atoms with E-state index < -0.39 is 0 Å². The Kier molecular flexibility index (Phi) is 7.80. The number of nitrogens with zero attached hydrogens (tertiary/aromatic N) is 3. The zero-order valence-electron chi connectivity index (χ0n) is 32.1. The summed E-state index contributed by atoms with van der Waals surface area (Å²) in [6, 6.07) is 66.1. The second kappa shape index (κ2) is 13.4. The van der Waals surface area contributed by atoms with Crippen molar-refractivity contribution in [1.29, 1.82) is 0 Å². The van der Waals surface area contributed by atoms with Gasteiger partial charge in [-0.1, -0.05) is 166 Å². The largest absolute Gasteiger partial charge is 0.456 e. The summed E-state index contributed by atoms with van der Waals surface area (Å²) in [7, 11) is 0. The van der Waals surface area contributed by atoms with Crippen molar-refractivity contribution in [3.63, 3.8) is 0 Å². The summed E-state index contributed by atoms with van der Waals surface area (Å²) < 4.78 is 6.54. The summed E-state index contributed by atoms with van der Waals surface area (Å²) in [5.41, 5.74) is 16.3. The van der Waals surface area contributed by atoms with E-state index in [2.05, 4.69) is 172 Å². The summed E-state index contributed by atoms with van der Waals surface area (Å²) in [5, 5.41) is 2.15. The summed E-state index contributed by atoms with van der Waals surface area (Å²) >= 11 is 0. The maximum atomic E-state index is 6.54. The molecule has 11 rings (SSSR count). The molecule has 2 heterocycles. The molecule has 4 heteroatoms. The predicted octanol–water partition coefficient (Wildman–Crippen LogP) is 14.1. The summed E-state index contributed by atoms with van der Waals surface area (Å²) in [5.74, 6) is 1.80. The van der Waals surface area contributed by atoms with Crippen LogP contribution in [0.1, 0.15) is 25.0 Å². The third-order valence-electron chi connectivity index (χ3n) is 11.7. The number of aromatic nitrogens is 3. The molecule has 0 fully saturated rings. The van der Waals surface area contributed by atoms with Crippen LogP contribution in [0.2, 0.25) is 0 Å². The van der Waals surface area contributed by atoms with E-state index >= 15 is 0 Å². The Hall–Kier alpha value is -7.43. The number of hydrogen-bond donors (Lipinski definition) is 0. The maximum absolute atomic E-state index is 6.54. The van der Waals surface area contributed by atoms with E-state index in [9.17, 15) is 0 Å². The minimum Gasteiger partial charge on any atom is -0.456 e. The van der Waals surface area contributed by atoms with Crippen molar-refractivity contribution in [2.45, 2.75) is 19.3 Å². The predicted molar refractivity (Wildman–Crippen MR) is 237 cm³/mol. The average molecular weight is 744 g/mol. The molecule has 58 heavy (non-hydrogen) atoms. The van der Waals surface area contributed by atoms with Gasteiger partial charge in [-0.15, -0.1) is 0 Å². The fourth-order valence-corrected chi connectivity index (χ4v) is 8.88. The van der Waals surface area contributed by atoms with Gasteiger partial charge in [0, 0.05) is 32.9 Å². The Labute approximate surface area is 337 Å². The van der Waals surface area contributed by atoms with Crippen molar-refractivity contribution in [2.24, 2.45) is 0 Å². The lowest BCUT2D eigenvalue weighted by molar-refractivity contribution is 0.660. The molecule has 0 radical (unpaired) electrons. The Bertz CT molecular complexity index is 3180. The minimum absolute atomic E-state index is 0.112. The molecular weight excluding hydrogens is 707 g/mol. The van der Waals surface area contributed by atoms with Gasteiger partial charge in [0.1, 0.15) is 11.2 Å². The smallest absolute Gasteiger partial charge is 0.164 e. The van der Waals surface area contributed by atoms with E-state index in [-0.39, 0.29) is 5.41 Å². The van der Waals surface area contributed by atoms with E-state index in [1.807, 2.05) is 30.3 Å². The number of rotatable bonds is 6. The SMILES string of the molecule is CC1(C)c2ccccc2-c2c(-c3cc(-c4ccccc4)cc(-c4nc(-c5ccccc5)nc(-c5ccc6c(c5)oc5cccc(-c7ccccc7)c56)n4)c3)cccc21. The van der Waals surface area contributed by atoms with Gasteiger partial charge in [0.2, 0.25) is 0 Å². The highest BCUT2D eigenvalue weighted by Crippen LogP contribution is 2.52. The summed E-state index contributed by atoms with van der Waals surface area (Å²) in [4.78, 5) is 15.6. The van der Waals surface area contributed by atoms with Gasteiger partial charge in [0.25, 0.3) is 0 Å². The molecule has 0 saturated carbocycles. The molecule has 0 atom stereocenters.